The molecule has 0 saturated carbocycles. The van der Waals surface area contributed by atoms with Gasteiger partial charge in [0, 0.05) is 33.7 Å². The zero-order valence-electron chi connectivity index (χ0n) is 26.1. The van der Waals surface area contributed by atoms with E-state index in [2.05, 4.69) is 5.32 Å². The Balaban J connectivity index is 1.47. The van der Waals surface area contributed by atoms with Crippen LogP contribution in [0.4, 0.5) is 11.4 Å². The summed E-state index contributed by atoms with van der Waals surface area (Å²) in [5, 5.41) is 4.91. The Morgan fingerprint density at radius 1 is 0.870 bits per heavy atom. The third kappa shape index (κ3) is 6.51. The molecule has 2 aliphatic rings. The quantitative estimate of drug-likeness (QED) is 0.205. The van der Waals surface area contributed by atoms with Crippen molar-refractivity contribution in [3.05, 3.63) is 129 Å². The van der Waals surface area contributed by atoms with Crippen molar-refractivity contribution in [3.63, 3.8) is 0 Å². The first kappa shape index (κ1) is 31.7. The molecule has 1 aliphatic heterocycles. The predicted molar refractivity (Wildman–Crippen MR) is 184 cm³/mol. The van der Waals surface area contributed by atoms with Crippen molar-refractivity contribution in [2.24, 2.45) is 5.92 Å². The molecule has 0 aromatic heterocycles. The van der Waals surface area contributed by atoms with Crippen LogP contribution in [0.25, 0.3) is 0 Å². The molecule has 0 radical (unpaired) electrons. The summed E-state index contributed by atoms with van der Waals surface area (Å²) in [7, 11) is 0. The number of hydrogen-bond acceptors (Lipinski definition) is 5. The summed E-state index contributed by atoms with van der Waals surface area (Å²) in [5.41, 5.74) is 5.69. The molecule has 0 spiro atoms. The minimum Gasteiger partial charge on any atom is -0.490 e. The van der Waals surface area contributed by atoms with Gasteiger partial charge in [0.2, 0.25) is 5.91 Å². The SMILES string of the molecule is CCOc1cc([C@H]2C3=C(C[C@H](c4ccc(Cl)cc4)CC3=O)Nc3ccccc3N2C(=O)C(C)C)ccc1OCc1ccc(Cl)cc1. The van der Waals surface area contributed by atoms with Crippen LogP contribution in [-0.2, 0) is 16.2 Å². The zero-order chi connectivity index (χ0) is 32.4. The maximum atomic E-state index is 14.3. The molecular formula is C38H36Cl2N2O4. The Bertz CT molecular complexity index is 1780. The molecule has 0 saturated heterocycles. The van der Waals surface area contributed by atoms with Crippen molar-refractivity contribution in [2.75, 3.05) is 16.8 Å². The number of para-hydroxylation sites is 2. The van der Waals surface area contributed by atoms with Gasteiger partial charge in [-0.15, -0.1) is 0 Å². The van der Waals surface area contributed by atoms with Crippen molar-refractivity contribution in [2.45, 2.75) is 52.2 Å². The van der Waals surface area contributed by atoms with Gasteiger partial charge in [-0.3, -0.25) is 14.5 Å². The highest BCUT2D eigenvalue weighted by molar-refractivity contribution is 6.30. The molecule has 1 amide bonds. The molecule has 1 heterocycles. The smallest absolute Gasteiger partial charge is 0.230 e. The summed E-state index contributed by atoms with van der Waals surface area (Å²) in [6.45, 7) is 6.43. The maximum Gasteiger partial charge on any atom is 0.230 e. The van der Waals surface area contributed by atoms with E-state index >= 15 is 0 Å². The van der Waals surface area contributed by atoms with Crippen LogP contribution in [0.15, 0.2) is 102 Å². The molecule has 2 atom stereocenters. The van der Waals surface area contributed by atoms with Crippen LogP contribution in [0.2, 0.25) is 10.0 Å². The summed E-state index contributed by atoms with van der Waals surface area (Å²) < 4.78 is 12.3. The fourth-order valence-electron chi connectivity index (χ4n) is 6.22. The number of halogens is 2. The fourth-order valence-corrected chi connectivity index (χ4v) is 6.47. The number of carbonyl (C=O) groups excluding carboxylic acids is 2. The zero-order valence-corrected chi connectivity index (χ0v) is 27.6. The minimum atomic E-state index is -0.677. The summed E-state index contributed by atoms with van der Waals surface area (Å²) >= 11 is 12.2. The van der Waals surface area contributed by atoms with E-state index in [-0.39, 0.29) is 23.5 Å². The number of ether oxygens (including phenoxy) is 2. The number of nitrogens with one attached hydrogen (secondary N) is 1. The number of allylic oxidation sites excluding steroid dienone is 1. The summed E-state index contributed by atoms with van der Waals surface area (Å²) in [6, 6.07) is 28.0. The van der Waals surface area contributed by atoms with Gasteiger partial charge in [0.25, 0.3) is 0 Å². The largest absolute Gasteiger partial charge is 0.490 e. The second-order valence-electron chi connectivity index (χ2n) is 11.9. The number of amides is 1. The number of Topliss-reactive ketones (excluding diaryl/α,β-unsaturated/α-hetero) is 1. The Labute approximate surface area is 279 Å². The van der Waals surface area contributed by atoms with E-state index in [9.17, 15) is 9.59 Å². The van der Waals surface area contributed by atoms with Crippen LogP contribution in [0, 0.1) is 5.92 Å². The van der Waals surface area contributed by atoms with Gasteiger partial charge in [0.1, 0.15) is 6.61 Å². The number of nitrogens with zero attached hydrogens (tertiary/aromatic N) is 1. The van der Waals surface area contributed by atoms with E-state index in [4.69, 9.17) is 32.7 Å². The highest BCUT2D eigenvalue weighted by Crippen LogP contribution is 2.49. The van der Waals surface area contributed by atoms with Crippen molar-refractivity contribution in [1.82, 2.24) is 0 Å². The lowest BCUT2D eigenvalue weighted by Gasteiger charge is -2.36. The lowest BCUT2D eigenvalue weighted by atomic mass is 9.78. The molecule has 4 aromatic rings. The van der Waals surface area contributed by atoms with Crippen molar-refractivity contribution in [1.29, 1.82) is 0 Å². The molecule has 6 nitrogen and oxygen atoms in total. The van der Waals surface area contributed by atoms with E-state index in [1.54, 1.807) is 4.90 Å². The number of fused-ring (bicyclic) bond motifs is 1. The standard InChI is InChI=1S/C38H36Cl2N2O4/c1-4-45-35-21-26(13-18-34(35)46-22-24-9-14-28(39)15-10-24)37-36-31(19-27(20-33(36)43)25-11-16-29(40)17-12-25)41-30-7-5-6-8-32(30)42(37)38(44)23(2)3/h5-18,21,23,27,37,41H,4,19-20,22H2,1-3H3/t27-,37-/m0/s1. The Morgan fingerprint density at radius 3 is 2.24 bits per heavy atom. The van der Waals surface area contributed by atoms with Gasteiger partial charge in [-0.2, -0.15) is 0 Å². The van der Waals surface area contributed by atoms with Crippen LogP contribution >= 0.6 is 23.2 Å². The Hall–Kier alpha value is -4.26. The Kier molecular flexibility index (Phi) is 9.39. The molecule has 0 unspecified atom stereocenters. The molecular weight excluding hydrogens is 619 g/mol. The first-order valence-electron chi connectivity index (χ1n) is 15.6. The van der Waals surface area contributed by atoms with Gasteiger partial charge in [-0.25, -0.2) is 0 Å². The molecule has 1 N–H and O–H groups in total. The fraction of sp³-hybridized carbons (Fsp3) is 0.263. The van der Waals surface area contributed by atoms with Crippen molar-refractivity contribution >= 4 is 46.3 Å². The van der Waals surface area contributed by atoms with Crippen molar-refractivity contribution in [3.8, 4) is 11.5 Å². The van der Waals surface area contributed by atoms with Gasteiger partial charge >= 0.3 is 0 Å². The monoisotopic (exact) mass is 654 g/mol. The molecule has 0 bridgehead atoms. The minimum absolute atomic E-state index is 0.00547. The lowest BCUT2D eigenvalue weighted by molar-refractivity contribution is -0.121. The predicted octanol–water partition coefficient (Wildman–Crippen LogP) is 9.53. The Morgan fingerprint density at radius 2 is 1.54 bits per heavy atom. The highest BCUT2D eigenvalue weighted by Gasteiger charge is 2.42. The number of anilines is 2. The molecule has 8 heteroatoms. The first-order valence-corrected chi connectivity index (χ1v) is 16.3. The van der Waals surface area contributed by atoms with E-state index in [1.807, 2.05) is 112 Å². The molecule has 46 heavy (non-hydrogen) atoms. The van der Waals surface area contributed by atoms with Gasteiger partial charge in [0.15, 0.2) is 17.3 Å². The second-order valence-corrected chi connectivity index (χ2v) is 12.8. The van der Waals surface area contributed by atoms with Crippen LogP contribution < -0.4 is 19.7 Å². The van der Waals surface area contributed by atoms with Crippen LogP contribution in [0.1, 0.15) is 62.3 Å². The third-order valence-electron chi connectivity index (χ3n) is 8.45. The average molecular weight is 656 g/mol. The van der Waals surface area contributed by atoms with Crippen LogP contribution in [0.3, 0.4) is 0 Å². The number of ketones is 1. The first-order chi connectivity index (χ1) is 22.2. The van der Waals surface area contributed by atoms with E-state index in [0.29, 0.717) is 53.2 Å². The molecule has 1 aliphatic carbocycles. The summed E-state index contributed by atoms with van der Waals surface area (Å²) in [4.78, 5) is 30.3. The van der Waals surface area contributed by atoms with Gasteiger partial charge in [0.05, 0.1) is 24.0 Å². The molecule has 236 valence electrons. The number of hydrogen-bond donors (Lipinski definition) is 1. The van der Waals surface area contributed by atoms with Crippen LogP contribution in [0.5, 0.6) is 11.5 Å². The molecule has 0 fully saturated rings. The van der Waals surface area contributed by atoms with Gasteiger partial charge in [-0.1, -0.05) is 79.5 Å². The maximum absolute atomic E-state index is 14.3. The van der Waals surface area contributed by atoms with E-state index in [0.717, 1.165) is 33.8 Å². The number of carbonyl (C=O) groups is 2. The van der Waals surface area contributed by atoms with Gasteiger partial charge < -0.3 is 14.8 Å². The lowest BCUT2D eigenvalue weighted by Crippen LogP contribution is -2.40. The van der Waals surface area contributed by atoms with Crippen molar-refractivity contribution < 1.29 is 19.1 Å². The molecule has 6 rings (SSSR count). The topological polar surface area (TPSA) is 67.9 Å². The molecule has 4 aromatic carbocycles. The number of rotatable bonds is 8. The third-order valence-corrected chi connectivity index (χ3v) is 8.96. The summed E-state index contributed by atoms with van der Waals surface area (Å²) in [6.07, 6.45) is 0.928. The van der Waals surface area contributed by atoms with E-state index < -0.39 is 6.04 Å². The van der Waals surface area contributed by atoms with E-state index in [1.165, 1.54) is 0 Å². The van der Waals surface area contributed by atoms with Gasteiger partial charge in [-0.05, 0) is 84.5 Å². The second kappa shape index (κ2) is 13.6. The highest BCUT2D eigenvalue weighted by atomic mass is 35.5. The average Bonchev–Trinajstić information content (AvgIpc) is 3.19. The number of benzene rings is 4. The van der Waals surface area contributed by atoms with Crippen LogP contribution in [-0.4, -0.2) is 18.3 Å². The normalized spacial score (nSPS) is 17.6. The summed E-state index contributed by atoms with van der Waals surface area (Å²) in [5.74, 6) is 0.684.